The molecule has 0 atom stereocenters. The van der Waals surface area contributed by atoms with Crippen LogP contribution in [0, 0.1) is 5.41 Å². The van der Waals surface area contributed by atoms with Gasteiger partial charge in [0.2, 0.25) is 11.8 Å². The lowest BCUT2D eigenvalue weighted by molar-refractivity contribution is -0.128. The summed E-state index contributed by atoms with van der Waals surface area (Å²) in [5, 5.41) is 2.87. The van der Waals surface area contributed by atoms with E-state index in [0.29, 0.717) is 25.3 Å². The number of hydrogen-bond acceptors (Lipinski definition) is 4. The van der Waals surface area contributed by atoms with Crippen molar-refractivity contribution in [1.29, 1.82) is 0 Å². The number of nitrogens with zero attached hydrogens (tertiary/aromatic N) is 1. The molecule has 0 aliphatic heterocycles. The van der Waals surface area contributed by atoms with Crippen molar-refractivity contribution < 1.29 is 9.53 Å². The van der Waals surface area contributed by atoms with Gasteiger partial charge in [-0.15, -0.1) is 0 Å². The number of rotatable bonds is 7. The zero-order valence-corrected chi connectivity index (χ0v) is 12.9. The van der Waals surface area contributed by atoms with Crippen molar-refractivity contribution >= 4 is 23.1 Å². The zero-order valence-electron chi connectivity index (χ0n) is 12.1. The van der Waals surface area contributed by atoms with Gasteiger partial charge in [0.1, 0.15) is 0 Å². The van der Waals surface area contributed by atoms with Crippen molar-refractivity contribution in [1.82, 2.24) is 10.3 Å². The smallest absolute Gasteiger partial charge is 0.233 e. The Balaban J connectivity index is 2.72. The van der Waals surface area contributed by atoms with Gasteiger partial charge in [-0.05, 0) is 18.4 Å². The van der Waals surface area contributed by atoms with Crippen LogP contribution in [0.1, 0.15) is 32.3 Å². The van der Waals surface area contributed by atoms with E-state index in [1.54, 1.807) is 19.4 Å². The maximum absolute atomic E-state index is 12.3. The molecule has 1 aromatic heterocycles. The van der Waals surface area contributed by atoms with Crippen molar-refractivity contribution in [3.05, 3.63) is 23.9 Å². The molecule has 0 fully saturated rings. The van der Waals surface area contributed by atoms with Gasteiger partial charge in [0.15, 0.2) is 0 Å². The fraction of sp³-hybridized carbons (Fsp3) is 0.500. The summed E-state index contributed by atoms with van der Waals surface area (Å²) in [4.78, 5) is 16.7. The van der Waals surface area contributed by atoms with Crippen LogP contribution in [-0.2, 0) is 11.3 Å². The van der Waals surface area contributed by atoms with Gasteiger partial charge in [0.05, 0.1) is 17.5 Å². The molecule has 0 saturated heterocycles. The average Bonchev–Trinajstić information content (AvgIpc) is 2.47. The molecule has 0 aliphatic rings. The fourth-order valence-electron chi connectivity index (χ4n) is 2.02. The highest BCUT2D eigenvalue weighted by Crippen LogP contribution is 2.27. The summed E-state index contributed by atoms with van der Waals surface area (Å²) in [5.74, 6) is 0.408. The van der Waals surface area contributed by atoms with Crippen molar-refractivity contribution in [2.45, 2.75) is 33.2 Å². The van der Waals surface area contributed by atoms with E-state index in [4.69, 9.17) is 22.7 Å². The minimum absolute atomic E-state index is 0.134. The van der Waals surface area contributed by atoms with Crippen LogP contribution in [0.5, 0.6) is 5.88 Å². The first kappa shape index (κ1) is 16.4. The molecule has 1 heterocycles. The molecule has 6 heteroatoms. The number of amides is 1. The molecule has 1 amide bonds. The zero-order chi connectivity index (χ0) is 15.2. The second-order valence-corrected chi connectivity index (χ2v) is 4.98. The molecule has 0 spiro atoms. The highest BCUT2D eigenvalue weighted by molar-refractivity contribution is 7.80. The number of hydrogen-bond donors (Lipinski definition) is 2. The second kappa shape index (κ2) is 7.19. The van der Waals surface area contributed by atoms with E-state index in [1.807, 2.05) is 19.9 Å². The summed E-state index contributed by atoms with van der Waals surface area (Å²) in [6, 6.07) is 3.61. The lowest BCUT2D eigenvalue weighted by Crippen LogP contribution is -2.48. The number of carbonyl (C=O) groups is 1. The van der Waals surface area contributed by atoms with E-state index in [1.165, 1.54) is 0 Å². The number of nitrogens with two attached hydrogens (primary N) is 1. The van der Waals surface area contributed by atoms with E-state index in [9.17, 15) is 4.79 Å². The Bertz CT molecular complexity index is 470. The molecule has 0 radical (unpaired) electrons. The van der Waals surface area contributed by atoms with Gasteiger partial charge in [0.25, 0.3) is 0 Å². The van der Waals surface area contributed by atoms with Gasteiger partial charge in [-0.1, -0.05) is 32.1 Å². The first-order valence-electron chi connectivity index (χ1n) is 6.57. The van der Waals surface area contributed by atoms with Gasteiger partial charge in [0, 0.05) is 18.8 Å². The summed E-state index contributed by atoms with van der Waals surface area (Å²) in [6.07, 6.45) is 2.84. The van der Waals surface area contributed by atoms with E-state index >= 15 is 0 Å². The Kier molecular flexibility index (Phi) is 5.88. The number of methoxy groups -OCH3 is 1. The minimum atomic E-state index is -0.769. The van der Waals surface area contributed by atoms with Crippen molar-refractivity contribution in [2.75, 3.05) is 7.11 Å². The normalized spacial score (nSPS) is 10.9. The fourth-order valence-corrected chi connectivity index (χ4v) is 2.40. The largest absolute Gasteiger partial charge is 0.481 e. The van der Waals surface area contributed by atoms with Crippen LogP contribution in [0.3, 0.4) is 0 Å². The molecule has 3 N–H and O–H groups in total. The number of carbonyl (C=O) groups excluding carboxylic acids is 1. The van der Waals surface area contributed by atoms with E-state index in [2.05, 4.69) is 10.3 Å². The highest BCUT2D eigenvalue weighted by atomic mass is 32.1. The minimum Gasteiger partial charge on any atom is -0.481 e. The first-order chi connectivity index (χ1) is 9.50. The Hall–Kier alpha value is -1.69. The highest BCUT2D eigenvalue weighted by Gasteiger charge is 2.37. The molecule has 110 valence electrons. The number of aromatic nitrogens is 1. The molecule has 0 aromatic carbocycles. The molecule has 0 aliphatic carbocycles. The summed E-state index contributed by atoms with van der Waals surface area (Å²) in [6.45, 7) is 4.22. The topological polar surface area (TPSA) is 77.2 Å². The number of thiocarbonyl (C=S) groups is 1. The number of ether oxygens (including phenoxy) is 1. The van der Waals surface area contributed by atoms with Crippen molar-refractivity contribution in [3.8, 4) is 5.88 Å². The first-order valence-corrected chi connectivity index (χ1v) is 6.98. The average molecular weight is 295 g/mol. The Labute approximate surface area is 124 Å². The summed E-state index contributed by atoms with van der Waals surface area (Å²) < 4.78 is 4.98. The quantitative estimate of drug-likeness (QED) is 0.750. The third-order valence-electron chi connectivity index (χ3n) is 3.57. The molecule has 5 nitrogen and oxygen atoms in total. The second-order valence-electron chi connectivity index (χ2n) is 4.54. The van der Waals surface area contributed by atoms with Gasteiger partial charge in [-0.2, -0.15) is 0 Å². The van der Waals surface area contributed by atoms with Gasteiger partial charge < -0.3 is 15.8 Å². The predicted molar refractivity (Wildman–Crippen MR) is 82.4 cm³/mol. The Morgan fingerprint density at radius 2 is 2.10 bits per heavy atom. The van der Waals surface area contributed by atoms with Gasteiger partial charge in [-0.25, -0.2) is 4.98 Å². The summed E-state index contributed by atoms with van der Waals surface area (Å²) in [7, 11) is 1.56. The predicted octanol–water partition coefficient (Wildman–Crippen LogP) is 1.80. The Morgan fingerprint density at radius 3 is 2.50 bits per heavy atom. The molecule has 0 bridgehead atoms. The summed E-state index contributed by atoms with van der Waals surface area (Å²) >= 11 is 5.06. The van der Waals surface area contributed by atoms with Crippen LogP contribution in [0.15, 0.2) is 18.3 Å². The van der Waals surface area contributed by atoms with Gasteiger partial charge >= 0.3 is 0 Å². The van der Waals surface area contributed by atoms with Crippen LogP contribution < -0.4 is 15.8 Å². The third-order valence-corrected chi connectivity index (χ3v) is 3.96. The van der Waals surface area contributed by atoms with Crippen LogP contribution >= 0.6 is 12.2 Å². The Morgan fingerprint density at radius 1 is 1.45 bits per heavy atom. The van der Waals surface area contributed by atoms with E-state index in [0.717, 1.165) is 5.56 Å². The summed E-state index contributed by atoms with van der Waals surface area (Å²) in [5.41, 5.74) is 5.87. The lowest BCUT2D eigenvalue weighted by atomic mass is 9.81. The maximum atomic E-state index is 12.3. The van der Waals surface area contributed by atoms with Crippen LogP contribution in [0.25, 0.3) is 0 Å². The number of pyridine rings is 1. The molecule has 20 heavy (non-hydrogen) atoms. The number of nitrogens with one attached hydrogen (secondary N) is 1. The van der Waals surface area contributed by atoms with E-state index < -0.39 is 5.41 Å². The van der Waals surface area contributed by atoms with Crippen LogP contribution in [-0.4, -0.2) is 23.0 Å². The van der Waals surface area contributed by atoms with Gasteiger partial charge in [-0.3, -0.25) is 4.79 Å². The molecular weight excluding hydrogens is 274 g/mol. The molecule has 1 aromatic rings. The SMILES string of the molecule is CCC(CC)(C(=O)NCc1ccc(OC)nc1)C(N)=S. The maximum Gasteiger partial charge on any atom is 0.233 e. The molecule has 1 rings (SSSR count). The standard InChI is InChI=1S/C14H21N3O2S/c1-4-14(5-2,12(15)20)13(18)17-9-10-6-7-11(19-3)16-8-10/h6-8H,4-5,9H2,1-3H3,(H2,15,20)(H,17,18). The van der Waals surface area contributed by atoms with Crippen LogP contribution in [0.4, 0.5) is 0 Å². The van der Waals surface area contributed by atoms with Crippen molar-refractivity contribution in [3.63, 3.8) is 0 Å². The molecular formula is C14H21N3O2S. The monoisotopic (exact) mass is 295 g/mol. The van der Waals surface area contributed by atoms with E-state index in [-0.39, 0.29) is 10.9 Å². The lowest BCUT2D eigenvalue weighted by Gasteiger charge is -2.28. The molecule has 0 saturated carbocycles. The van der Waals surface area contributed by atoms with Crippen molar-refractivity contribution in [2.24, 2.45) is 11.1 Å². The molecule has 0 unspecified atom stereocenters. The van der Waals surface area contributed by atoms with Crippen LogP contribution in [0.2, 0.25) is 0 Å². The third kappa shape index (κ3) is 3.45.